The van der Waals surface area contributed by atoms with E-state index in [1.807, 2.05) is 30.3 Å². The Kier molecular flexibility index (Phi) is 9.69. The maximum atomic E-state index is 13.2. The Labute approximate surface area is 196 Å². The molecule has 0 bridgehead atoms. The average Bonchev–Trinajstić information content (AvgIpc) is 2.82. The van der Waals surface area contributed by atoms with Gasteiger partial charge in [0.25, 0.3) is 5.91 Å². The number of benzene rings is 1. The SMILES string of the molecule is CC(C)CCN1CC(=O)NCCCCCOc2cccc(C(=O)NCc3cccnc3)c2C1. The lowest BCUT2D eigenvalue weighted by Gasteiger charge is -2.25. The third-order valence-electron chi connectivity index (χ3n) is 5.73. The molecule has 0 saturated carbocycles. The summed E-state index contributed by atoms with van der Waals surface area (Å²) in [5, 5.41) is 6.03. The Morgan fingerprint density at radius 2 is 2.06 bits per heavy atom. The highest BCUT2D eigenvalue weighted by molar-refractivity contribution is 5.96. The minimum Gasteiger partial charge on any atom is -0.493 e. The highest BCUT2D eigenvalue weighted by Crippen LogP contribution is 2.26. The van der Waals surface area contributed by atoms with Crippen molar-refractivity contribution in [3.63, 3.8) is 0 Å². The normalized spacial score (nSPS) is 15.9. The van der Waals surface area contributed by atoms with E-state index in [0.717, 1.165) is 49.1 Å². The van der Waals surface area contributed by atoms with Gasteiger partial charge in [0.1, 0.15) is 5.75 Å². The molecule has 178 valence electrons. The van der Waals surface area contributed by atoms with Crippen LogP contribution >= 0.6 is 0 Å². The second-order valence-electron chi connectivity index (χ2n) is 8.98. The van der Waals surface area contributed by atoms with Crippen molar-refractivity contribution in [3.8, 4) is 5.75 Å². The van der Waals surface area contributed by atoms with Gasteiger partial charge in [-0.25, -0.2) is 0 Å². The predicted molar refractivity (Wildman–Crippen MR) is 129 cm³/mol. The van der Waals surface area contributed by atoms with E-state index in [2.05, 4.69) is 34.4 Å². The molecule has 0 spiro atoms. The molecule has 33 heavy (non-hydrogen) atoms. The molecule has 7 nitrogen and oxygen atoms in total. The van der Waals surface area contributed by atoms with Crippen molar-refractivity contribution in [2.24, 2.45) is 5.92 Å². The molecule has 1 aliphatic rings. The van der Waals surface area contributed by atoms with Crippen LogP contribution in [0, 0.1) is 5.92 Å². The van der Waals surface area contributed by atoms with E-state index in [0.29, 0.717) is 44.3 Å². The molecule has 2 N–H and O–H groups in total. The third kappa shape index (κ3) is 8.17. The van der Waals surface area contributed by atoms with Crippen LogP contribution in [-0.4, -0.2) is 47.9 Å². The Balaban J connectivity index is 1.85. The molecule has 0 unspecified atom stereocenters. The Bertz CT molecular complexity index is 902. The van der Waals surface area contributed by atoms with E-state index in [1.54, 1.807) is 12.4 Å². The molecule has 2 heterocycles. The molecule has 0 saturated heterocycles. The number of carbonyl (C=O) groups excluding carboxylic acids is 2. The van der Waals surface area contributed by atoms with Crippen molar-refractivity contribution in [3.05, 3.63) is 59.4 Å². The number of aromatic nitrogens is 1. The van der Waals surface area contributed by atoms with Gasteiger partial charge in [-0.1, -0.05) is 26.0 Å². The minimum atomic E-state index is -0.156. The molecular weight excluding hydrogens is 416 g/mol. The molecule has 0 atom stereocenters. The van der Waals surface area contributed by atoms with E-state index in [9.17, 15) is 9.59 Å². The lowest BCUT2D eigenvalue weighted by Crippen LogP contribution is -2.38. The summed E-state index contributed by atoms with van der Waals surface area (Å²) in [4.78, 5) is 32.0. The zero-order valence-corrected chi connectivity index (χ0v) is 19.8. The van der Waals surface area contributed by atoms with E-state index in [-0.39, 0.29) is 11.8 Å². The van der Waals surface area contributed by atoms with Gasteiger partial charge in [-0.15, -0.1) is 0 Å². The molecular formula is C26H36N4O3. The van der Waals surface area contributed by atoms with Gasteiger partial charge < -0.3 is 15.4 Å². The zero-order chi connectivity index (χ0) is 23.5. The van der Waals surface area contributed by atoms with Crippen LogP contribution in [0.2, 0.25) is 0 Å². The molecule has 0 fully saturated rings. The fourth-order valence-corrected chi connectivity index (χ4v) is 3.81. The quantitative estimate of drug-likeness (QED) is 0.701. The summed E-state index contributed by atoms with van der Waals surface area (Å²) in [6.45, 7) is 7.58. The Morgan fingerprint density at radius 3 is 2.85 bits per heavy atom. The summed E-state index contributed by atoms with van der Waals surface area (Å²) < 4.78 is 6.13. The third-order valence-corrected chi connectivity index (χ3v) is 5.73. The highest BCUT2D eigenvalue weighted by Gasteiger charge is 2.21. The minimum absolute atomic E-state index is 0.0268. The second kappa shape index (κ2) is 12.9. The number of nitrogens with zero attached hydrogens (tertiary/aromatic N) is 2. The number of carbonyl (C=O) groups is 2. The number of hydrogen-bond donors (Lipinski definition) is 2. The van der Waals surface area contributed by atoms with Gasteiger partial charge in [0.2, 0.25) is 5.91 Å². The average molecular weight is 453 g/mol. The molecule has 7 heteroatoms. The van der Waals surface area contributed by atoms with Gasteiger partial charge in [-0.05, 0) is 61.9 Å². The van der Waals surface area contributed by atoms with Crippen LogP contribution in [-0.2, 0) is 17.9 Å². The van der Waals surface area contributed by atoms with Crippen molar-refractivity contribution < 1.29 is 14.3 Å². The summed E-state index contributed by atoms with van der Waals surface area (Å²) in [6, 6.07) is 9.40. The van der Waals surface area contributed by atoms with Crippen molar-refractivity contribution in [1.29, 1.82) is 0 Å². The van der Waals surface area contributed by atoms with Gasteiger partial charge in [0.05, 0.1) is 13.2 Å². The van der Waals surface area contributed by atoms with Crippen LogP contribution in [0.15, 0.2) is 42.7 Å². The monoisotopic (exact) mass is 452 g/mol. The number of amides is 2. The van der Waals surface area contributed by atoms with E-state index in [4.69, 9.17) is 4.74 Å². The Morgan fingerprint density at radius 1 is 1.18 bits per heavy atom. The van der Waals surface area contributed by atoms with Crippen LogP contribution in [0.3, 0.4) is 0 Å². The van der Waals surface area contributed by atoms with Crippen LogP contribution in [0.25, 0.3) is 0 Å². The van der Waals surface area contributed by atoms with E-state index < -0.39 is 0 Å². The number of pyridine rings is 1. The Hall–Kier alpha value is -2.93. The maximum absolute atomic E-state index is 13.2. The molecule has 3 rings (SSSR count). The topological polar surface area (TPSA) is 83.6 Å². The van der Waals surface area contributed by atoms with Crippen LogP contribution < -0.4 is 15.4 Å². The lowest BCUT2D eigenvalue weighted by molar-refractivity contribution is -0.122. The van der Waals surface area contributed by atoms with Crippen molar-refractivity contribution in [2.45, 2.75) is 52.6 Å². The first-order valence-electron chi connectivity index (χ1n) is 11.9. The van der Waals surface area contributed by atoms with Gasteiger partial charge in [-0.2, -0.15) is 0 Å². The van der Waals surface area contributed by atoms with Gasteiger partial charge in [0.15, 0.2) is 0 Å². The van der Waals surface area contributed by atoms with E-state index >= 15 is 0 Å². The molecule has 1 aromatic heterocycles. The number of nitrogens with one attached hydrogen (secondary N) is 2. The summed E-state index contributed by atoms with van der Waals surface area (Å²) in [6.07, 6.45) is 7.25. The highest BCUT2D eigenvalue weighted by atomic mass is 16.5. The van der Waals surface area contributed by atoms with Crippen molar-refractivity contribution >= 4 is 11.8 Å². The first-order valence-corrected chi connectivity index (χ1v) is 11.9. The first kappa shape index (κ1) is 24.7. The molecule has 1 aliphatic heterocycles. The van der Waals surface area contributed by atoms with Crippen molar-refractivity contribution in [2.75, 3.05) is 26.2 Å². The van der Waals surface area contributed by atoms with Crippen LogP contribution in [0.1, 0.15) is 61.0 Å². The lowest BCUT2D eigenvalue weighted by atomic mass is 10.0. The first-order chi connectivity index (χ1) is 16.0. The summed E-state index contributed by atoms with van der Waals surface area (Å²) in [5.41, 5.74) is 2.35. The fourth-order valence-electron chi connectivity index (χ4n) is 3.81. The molecule has 2 aromatic rings. The summed E-state index contributed by atoms with van der Waals surface area (Å²) in [5.74, 6) is 1.11. The number of ether oxygens (including phenoxy) is 1. The van der Waals surface area contributed by atoms with Gasteiger partial charge in [-0.3, -0.25) is 19.5 Å². The predicted octanol–water partition coefficient (Wildman–Crippen LogP) is 3.54. The zero-order valence-electron chi connectivity index (χ0n) is 19.8. The van der Waals surface area contributed by atoms with Crippen molar-refractivity contribution in [1.82, 2.24) is 20.5 Å². The second-order valence-corrected chi connectivity index (χ2v) is 8.98. The smallest absolute Gasteiger partial charge is 0.252 e. The fraction of sp³-hybridized carbons (Fsp3) is 0.500. The number of hydrogen-bond acceptors (Lipinski definition) is 5. The van der Waals surface area contributed by atoms with Gasteiger partial charge in [0, 0.05) is 43.2 Å². The van der Waals surface area contributed by atoms with Crippen LogP contribution in [0.5, 0.6) is 5.75 Å². The maximum Gasteiger partial charge on any atom is 0.252 e. The van der Waals surface area contributed by atoms with E-state index in [1.165, 1.54) is 0 Å². The molecule has 1 aromatic carbocycles. The van der Waals surface area contributed by atoms with Crippen LogP contribution in [0.4, 0.5) is 0 Å². The summed E-state index contributed by atoms with van der Waals surface area (Å²) in [7, 11) is 0. The number of fused-ring (bicyclic) bond motifs is 1. The molecule has 0 aliphatic carbocycles. The molecule has 0 radical (unpaired) electrons. The van der Waals surface area contributed by atoms with Gasteiger partial charge >= 0.3 is 0 Å². The standard InChI is InChI=1S/C26H36N4O3/c1-20(2)11-14-30-18-23-22(26(32)29-17-21-8-7-12-27-16-21)9-6-10-24(23)33-15-5-3-4-13-28-25(31)19-30/h6-10,12,16,20H,3-5,11,13-15,17-19H2,1-2H3,(H,28,31)(H,29,32). The summed E-state index contributed by atoms with van der Waals surface area (Å²) >= 11 is 0. The largest absolute Gasteiger partial charge is 0.493 e. The number of rotatable bonds is 6. The molecule has 2 amide bonds.